The number of carboxylic acid groups (broad SMARTS) is 1. The van der Waals surface area contributed by atoms with Crippen LogP contribution >= 0.6 is 11.3 Å². The summed E-state index contributed by atoms with van der Waals surface area (Å²) in [6.45, 7) is 0. The molecular weight excluding hydrogens is 252 g/mol. The van der Waals surface area contributed by atoms with Crippen LogP contribution in [0.15, 0.2) is 35.7 Å². The number of carbonyl (C=O) groups excluding carboxylic acids is 1. The molecule has 0 unspecified atom stereocenters. The molecule has 2 aromatic rings. The van der Waals surface area contributed by atoms with E-state index in [0.717, 1.165) is 0 Å². The standard InChI is InChI=1S/C12H10N2O3S/c13-8-3-1-7(2-4-8)10(15)14-11-9(12(16)17)5-6-18-11/h1-6H,13H2,(H,14,15)(H,16,17). The molecule has 0 spiro atoms. The fourth-order valence-corrected chi connectivity index (χ4v) is 2.16. The number of hydrogen-bond acceptors (Lipinski definition) is 4. The highest BCUT2D eigenvalue weighted by atomic mass is 32.1. The Morgan fingerprint density at radius 2 is 1.83 bits per heavy atom. The summed E-state index contributed by atoms with van der Waals surface area (Å²) >= 11 is 1.17. The lowest BCUT2D eigenvalue weighted by molar-refractivity contribution is 0.0698. The van der Waals surface area contributed by atoms with Gasteiger partial charge in [0.05, 0.1) is 5.56 Å². The van der Waals surface area contributed by atoms with Crippen LogP contribution in [0.1, 0.15) is 20.7 Å². The molecule has 0 saturated heterocycles. The fourth-order valence-electron chi connectivity index (χ4n) is 1.38. The van der Waals surface area contributed by atoms with E-state index < -0.39 is 5.97 Å². The van der Waals surface area contributed by atoms with Gasteiger partial charge in [-0.25, -0.2) is 4.79 Å². The molecule has 1 aromatic carbocycles. The van der Waals surface area contributed by atoms with E-state index in [9.17, 15) is 9.59 Å². The molecule has 1 aromatic heterocycles. The van der Waals surface area contributed by atoms with Crippen LogP contribution in [0.4, 0.5) is 10.7 Å². The number of rotatable bonds is 3. The highest BCUT2D eigenvalue weighted by Crippen LogP contribution is 2.23. The van der Waals surface area contributed by atoms with Crippen LogP contribution in [-0.4, -0.2) is 17.0 Å². The minimum absolute atomic E-state index is 0.0868. The Hall–Kier alpha value is -2.34. The predicted molar refractivity (Wildman–Crippen MR) is 70.1 cm³/mol. The summed E-state index contributed by atoms with van der Waals surface area (Å²) in [4.78, 5) is 22.7. The molecule has 6 heteroatoms. The number of thiophene rings is 1. The van der Waals surface area contributed by atoms with Gasteiger partial charge in [-0.2, -0.15) is 0 Å². The van der Waals surface area contributed by atoms with E-state index in [4.69, 9.17) is 10.8 Å². The quantitative estimate of drug-likeness (QED) is 0.740. The molecule has 92 valence electrons. The van der Waals surface area contributed by atoms with Crippen molar-refractivity contribution < 1.29 is 14.7 Å². The van der Waals surface area contributed by atoms with E-state index in [1.165, 1.54) is 17.4 Å². The molecule has 18 heavy (non-hydrogen) atoms. The van der Waals surface area contributed by atoms with Crippen LogP contribution in [0.2, 0.25) is 0 Å². The number of hydrogen-bond donors (Lipinski definition) is 3. The third kappa shape index (κ3) is 2.49. The van der Waals surface area contributed by atoms with E-state index in [-0.39, 0.29) is 11.5 Å². The highest BCUT2D eigenvalue weighted by Gasteiger charge is 2.14. The van der Waals surface area contributed by atoms with Crippen molar-refractivity contribution in [3.8, 4) is 0 Å². The first-order chi connectivity index (χ1) is 8.58. The van der Waals surface area contributed by atoms with E-state index in [2.05, 4.69) is 5.32 Å². The molecule has 5 nitrogen and oxygen atoms in total. The van der Waals surface area contributed by atoms with Gasteiger partial charge in [0, 0.05) is 11.3 Å². The van der Waals surface area contributed by atoms with Gasteiger partial charge in [-0.3, -0.25) is 4.79 Å². The maximum Gasteiger partial charge on any atom is 0.338 e. The topological polar surface area (TPSA) is 92.4 Å². The average molecular weight is 262 g/mol. The Morgan fingerprint density at radius 3 is 2.44 bits per heavy atom. The van der Waals surface area contributed by atoms with Gasteiger partial charge in [-0.15, -0.1) is 11.3 Å². The Morgan fingerprint density at radius 1 is 1.17 bits per heavy atom. The normalized spacial score (nSPS) is 10.0. The first kappa shape index (κ1) is 12.1. The maximum atomic E-state index is 11.9. The lowest BCUT2D eigenvalue weighted by Crippen LogP contribution is -2.13. The zero-order chi connectivity index (χ0) is 13.1. The molecule has 0 bridgehead atoms. The monoisotopic (exact) mass is 262 g/mol. The number of carbonyl (C=O) groups is 2. The van der Waals surface area contributed by atoms with Gasteiger partial charge in [0.1, 0.15) is 5.00 Å². The average Bonchev–Trinajstić information content (AvgIpc) is 2.78. The van der Waals surface area contributed by atoms with Crippen molar-refractivity contribution in [2.24, 2.45) is 0 Å². The minimum Gasteiger partial charge on any atom is -0.478 e. The molecule has 0 saturated carbocycles. The van der Waals surface area contributed by atoms with E-state index in [0.29, 0.717) is 16.3 Å². The lowest BCUT2D eigenvalue weighted by atomic mass is 10.2. The van der Waals surface area contributed by atoms with Crippen molar-refractivity contribution in [3.63, 3.8) is 0 Å². The van der Waals surface area contributed by atoms with Crippen LogP contribution in [0.3, 0.4) is 0 Å². The number of benzene rings is 1. The van der Waals surface area contributed by atoms with Crippen LogP contribution in [-0.2, 0) is 0 Å². The number of carboxylic acids is 1. The second kappa shape index (κ2) is 4.89. The van der Waals surface area contributed by atoms with Gasteiger partial charge in [0.2, 0.25) is 0 Å². The minimum atomic E-state index is -1.07. The summed E-state index contributed by atoms with van der Waals surface area (Å²) < 4.78 is 0. The van der Waals surface area contributed by atoms with Crippen molar-refractivity contribution in [3.05, 3.63) is 46.8 Å². The maximum absolute atomic E-state index is 11.9. The van der Waals surface area contributed by atoms with Crippen molar-refractivity contribution in [1.82, 2.24) is 0 Å². The zero-order valence-corrected chi connectivity index (χ0v) is 10.0. The second-order valence-corrected chi connectivity index (χ2v) is 4.46. The molecule has 0 aliphatic heterocycles. The third-order valence-corrected chi connectivity index (χ3v) is 3.13. The lowest BCUT2D eigenvalue weighted by Gasteiger charge is -2.04. The number of nitrogens with one attached hydrogen (secondary N) is 1. The Labute approximate surface area is 107 Å². The molecule has 2 rings (SSSR count). The summed E-state index contributed by atoms with van der Waals surface area (Å²) in [5, 5.41) is 13.4. The summed E-state index contributed by atoms with van der Waals surface area (Å²) in [5.41, 5.74) is 6.59. The van der Waals surface area contributed by atoms with Gasteiger partial charge >= 0.3 is 5.97 Å². The van der Waals surface area contributed by atoms with Crippen LogP contribution < -0.4 is 11.1 Å². The molecule has 0 aliphatic carbocycles. The molecule has 0 fully saturated rings. The van der Waals surface area contributed by atoms with Crippen molar-refractivity contribution in [2.45, 2.75) is 0 Å². The van der Waals surface area contributed by atoms with Gasteiger partial charge < -0.3 is 16.2 Å². The molecule has 0 atom stereocenters. The smallest absolute Gasteiger partial charge is 0.338 e. The van der Waals surface area contributed by atoms with E-state index >= 15 is 0 Å². The Bertz CT molecular complexity index is 590. The number of anilines is 2. The molecule has 1 amide bonds. The Balaban J connectivity index is 2.19. The molecule has 4 N–H and O–H groups in total. The number of amides is 1. The summed E-state index contributed by atoms with van der Waals surface area (Å²) in [6.07, 6.45) is 0. The van der Waals surface area contributed by atoms with Crippen molar-refractivity contribution in [2.75, 3.05) is 11.1 Å². The zero-order valence-electron chi connectivity index (χ0n) is 9.21. The van der Waals surface area contributed by atoms with Crippen molar-refractivity contribution >= 4 is 33.9 Å². The van der Waals surface area contributed by atoms with Crippen LogP contribution in [0.25, 0.3) is 0 Å². The molecule has 1 heterocycles. The summed E-state index contributed by atoms with van der Waals surface area (Å²) in [6, 6.07) is 7.84. The summed E-state index contributed by atoms with van der Waals surface area (Å²) in [7, 11) is 0. The first-order valence-corrected chi connectivity index (χ1v) is 5.93. The van der Waals surface area contributed by atoms with Gasteiger partial charge in [0.25, 0.3) is 5.91 Å². The summed E-state index contributed by atoms with van der Waals surface area (Å²) in [5.74, 6) is -1.43. The molecular formula is C12H10N2O3S. The third-order valence-electron chi connectivity index (χ3n) is 2.30. The largest absolute Gasteiger partial charge is 0.478 e. The van der Waals surface area contributed by atoms with E-state index in [1.54, 1.807) is 29.6 Å². The van der Waals surface area contributed by atoms with Gasteiger partial charge in [-0.05, 0) is 35.7 Å². The predicted octanol–water partition coefficient (Wildman–Crippen LogP) is 2.28. The first-order valence-electron chi connectivity index (χ1n) is 5.05. The fraction of sp³-hybridized carbons (Fsp3) is 0. The number of nitrogens with two attached hydrogens (primary N) is 1. The molecule has 0 radical (unpaired) electrons. The Kier molecular flexibility index (Phi) is 3.29. The van der Waals surface area contributed by atoms with Gasteiger partial charge in [0.15, 0.2) is 0 Å². The second-order valence-electron chi connectivity index (χ2n) is 3.54. The number of nitrogen functional groups attached to an aromatic ring is 1. The van der Waals surface area contributed by atoms with Crippen molar-refractivity contribution in [1.29, 1.82) is 0 Å². The van der Waals surface area contributed by atoms with Crippen LogP contribution in [0, 0.1) is 0 Å². The van der Waals surface area contributed by atoms with Gasteiger partial charge in [-0.1, -0.05) is 0 Å². The highest BCUT2D eigenvalue weighted by molar-refractivity contribution is 7.14. The molecule has 0 aliphatic rings. The SMILES string of the molecule is Nc1ccc(C(=O)Nc2sccc2C(=O)O)cc1. The van der Waals surface area contributed by atoms with Crippen LogP contribution in [0.5, 0.6) is 0 Å². The number of aromatic carboxylic acids is 1. The van der Waals surface area contributed by atoms with E-state index in [1.807, 2.05) is 0 Å².